The van der Waals surface area contributed by atoms with E-state index >= 15 is 0 Å². The van der Waals surface area contributed by atoms with Crippen molar-refractivity contribution in [2.75, 3.05) is 5.32 Å². The van der Waals surface area contributed by atoms with Gasteiger partial charge in [-0.3, -0.25) is 9.78 Å². The molecule has 0 aliphatic rings. The van der Waals surface area contributed by atoms with Crippen molar-refractivity contribution in [1.29, 1.82) is 0 Å². The Labute approximate surface area is 153 Å². The first-order valence-electron chi connectivity index (χ1n) is 8.00. The summed E-state index contributed by atoms with van der Waals surface area (Å²) < 4.78 is 0. The lowest BCUT2D eigenvalue weighted by atomic mass is 10.2. The Kier molecular flexibility index (Phi) is 4.57. The summed E-state index contributed by atoms with van der Waals surface area (Å²) in [5.41, 5.74) is 1.58. The number of nitrogens with zero attached hydrogens (tertiary/aromatic N) is 5. The highest BCUT2D eigenvalue weighted by molar-refractivity contribution is 7.16. The summed E-state index contributed by atoms with van der Waals surface area (Å²) in [7, 11) is 0. The molecule has 4 aromatic rings. The second-order valence-electron chi connectivity index (χ2n) is 5.55. The normalized spacial score (nSPS) is 10.8. The molecule has 0 saturated heterocycles. The molecule has 7 nitrogen and oxygen atoms in total. The number of hydrogen-bond acceptors (Lipinski definition) is 7. The third-order valence-electron chi connectivity index (χ3n) is 3.73. The third-order valence-corrected chi connectivity index (χ3v) is 4.54. The summed E-state index contributed by atoms with van der Waals surface area (Å²) >= 11 is 1.50. The summed E-state index contributed by atoms with van der Waals surface area (Å²) in [5.74, 6) is 0.880. The standard InChI is InChI=1S/C18H14N6OS/c25-15(5-4-12-9-19-11-20-10-12)22-16-13-6-8-26-18(13)24-17(23-16)14-3-1-2-7-21-14/h1-3,6-11H,4-5H2,(H,22,23,24,25). The molecule has 0 bridgehead atoms. The van der Waals surface area contributed by atoms with E-state index in [1.807, 2.05) is 29.6 Å². The van der Waals surface area contributed by atoms with Crippen LogP contribution < -0.4 is 5.32 Å². The van der Waals surface area contributed by atoms with Gasteiger partial charge in [0.15, 0.2) is 5.82 Å². The Hall–Kier alpha value is -3.26. The number of thiophene rings is 1. The van der Waals surface area contributed by atoms with Crippen molar-refractivity contribution in [2.45, 2.75) is 12.8 Å². The van der Waals surface area contributed by atoms with Gasteiger partial charge >= 0.3 is 0 Å². The minimum absolute atomic E-state index is 0.118. The van der Waals surface area contributed by atoms with E-state index in [-0.39, 0.29) is 5.91 Å². The van der Waals surface area contributed by atoms with Gasteiger partial charge in [-0.1, -0.05) is 6.07 Å². The Morgan fingerprint density at radius 1 is 1.12 bits per heavy atom. The number of nitrogens with one attached hydrogen (secondary N) is 1. The van der Waals surface area contributed by atoms with Gasteiger partial charge in [-0.15, -0.1) is 11.3 Å². The molecule has 1 amide bonds. The Bertz CT molecular complexity index is 1040. The highest BCUT2D eigenvalue weighted by atomic mass is 32.1. The number of hydrogen-bond donors (Lipinski definition) is 1. The molecule has 1 N–H and O–H groups in total. The van der Waals surface area contributed by atoms with E-state index in [1.165, 1.54) is 17.7 Å². The zero-order valence-electron chi connectivity index (χ0n) is 13.7. The maximum absolute atomic E-state index is 12.4. The fourth-order valence-corrected chi connectivity index (χ4v) is 3.24. The number of anilines is 1. The summed E-state index contributed by atoms with van der Waals surface area (Å²) in [6, 6.07) is 7.46. The average molecular weight is 362 g/mol. The first-order chi connectivity index (χ1) is 12.8. The first-order valence-corrected chi connectivity index (χ1v) is 8.88. The number of carbonyl (C=O) groups is 1. The fraction of sp³-hybridized carbons (Fsp3) is 0.111. The molecular weight excluding hydrogens is 348 g/mol. The quantitative estimate of drug-likeness (QED) is 0.586. The van der Waals surface area contributed by atoms with Crippen molar-refractivity contribution in [3.05, 3.63) is 60.1 Å². The lowest BCUT2D eigenvalue weighted by molar-refractivity contribution is -0.116. The van der Waals surface area contributed by atoms with Crippen LogP contribution in [0.5, 0.6) is 0 Å². The predicted octanol–water partition coefficient (Wildman–Crippen LogP) is 3.11. The van der Waals surface area contributed by atoms with Gasteiger partial charge in [0.1, 0.15) is 22.7 Å². The van der Waals surface area contributed by atoms with Crippen molar-refractivity contribution in [3.8, 4) is 11.5 Å². The zero-order chi connectivity index (χ0) is 17.8. The molecule has 0 aliphatic carbocycles. The minimum atomic E-state index is -0.118. The highest BCUT2D eigenvalue weighted by Gasteiger charge is 2.13. The Balaban J connectivity index is 1.57. The lowest BCUT2D eigenvalue weighted by Gasteiger charge is -2.08. The number of carbonyl (C=O) groups excluding carboxylic acids is 1. The van der Waals surface area contributed by atoms with Gasteiger partial charge in [0.25, 0.3) is 0 Å². The summed E-state index contributed by atoms with van der Waals surface area (Å²) in [6.07, 6.45) is 7.47. The molecule has 4 rings (SSSR count). The molecule has 0 saturated carbocycles. The van der Waals surface area contributed by atoms with Crippen LogP contribution in [-0.4, -0.2) is 30.8 Å². The molecule has 0 atom stereocenters. The maximum Gasteiger partial charge on any atom is 0.225 e. The highest BCUT2D eigenvalue weighted by Crippen LogP contribution is 2.27. The van der Waals surface area contributed by atoms with Gasteiger partial charge < -0.3 is 5.32 Å². The Morgan fingerprint density at radius 3 is 2.81 bits per heavy atom. The van der Waals surface area contributed by atoms with E-state index in [1.54, 1.807) is 18.6 Å². The molecule has 4 aromatic heterocycles. The third kappa shape index (κ3) is 3.55. The van der Waals surface area contributed by atoms with Gasteiger partial charge in [0.05, 0.1) is 5.39 Å². The molecule has 26 heavy (non-hydrogen) atoms. The van der Waals surface area contributed by atoms with E-state index in [9.17, 15) is 4.79 Å². The number of aryl methyl sites for hydroxylation is 1. The molecule has 0 unspecified atom stereocenters. The summed E-state index contributed by atoms with van der Waals surface area (Å²) in [5, 5.41) is 5.65. The molecule has 4 heterocycles. The topological polar surface area (TPSA) is 93.6 Å². The van der Waals surface area contributed by atoms with E-state index in [0.717, 1.165) is 15.8 Å². The van der Waals surface area contributed by atoms with Gasteiger partial charge in [-0.05, 0) is 35.6 Å². The largest absolute Gasteiger partial charge is 0.310 e. The van der Waals surface area contributed by atoms with Crippen LogP contribution in [0.25, 0.3) is 21.7 Å². The number of aromatic nitrogens is 5. The number of amides is 1. The van der Waals surface area contributed by atoms with Crippen LogP contribution in [-0.2, 0) is 11.2 Å². The smallest absolute Gasteiger partial charge is 0.225 e. The minimum Gasteiger partial charge on any atom is -0.310 e. The summed E-state index contributed by atoms with van der Waals surface area (Å²) in [4.78, 5) is 34.4. The van der Waals surface area contributed by atoms with Crippen LogP contribution in [0.3, 0.4) is 0 Å². The molecule has 0 spiro atoms. The second kappa shape index (κ2) is 7.32. The number of pyridine rings is 1. The SMILES string of the molecule is O=C(CCc1cncnc1)Nc1nc(-c2ccccn2)nc2sccc12. The number of fused-ring (bicyclic) bond motifs is 1. The first kappa shape index (κ1) is 16.2. The van der Waals surface area contributed by atoms with Crippen LogP contribution in [0.2, 0.25) is 0 Å². The van der Waals surface area contributed by atoms with Crippen LogP contribution in [0, 0.1) is 0 Å². The van der Waals surface area contributed by atoms with Crippen LogP contribution in [0.4, 0.5) is 5.82 Å². The van der Waals surface area contributed by atoms with Gasteiger partial charge in [-0.2, -0.15) is 0 Å². The molecule has 0 radical (unpaired) electrons. The van der Waals surface area contributed by atoms with Crippen LogP contribution in [0.1, 0.15) is 12.0 Å². The second-order valence-corrected chi connectivity index (χ2v) is 6.44. The predicted molar refractivity (Wildman–Crippen MR) is 99.6 cm³/mol. The Morgan fingerprint density at radius 2 is 2.00 bits per heavy atom. The zero-order valence-corrected chi connectivity index (χ0v) is 14.5. The number of rotatable bonds is 5. The van der Waals surface area contributed by atoms with Gasteiger partial charge in [0.2, 0.25) is 5.91 Å². The molecule has 0 fully saturated rings. The van der Waals surface area contributed by atoms with Crippen molar-refractivity contribution >= 4 is 33.3 Å². The van der Waals surface area contributed by atoms with Crippen molar-refractivity contribution in [3.63, 3.8) is 0 Å². The monoisotopic (exact) mass is 362 g/mol. The fourth-order valence-electron chi connectivity index (χ4n) is 2.47. The average Bonchev–Trinajstić information content (AvgIpc) is 3.17. The van der Waals surface area contributed by atoms with Crippen molar-refractivity contribution < 1.29 is 4.79 Å². The molecule has 8 heteroatoms. The molecule has 128 valence electrons. The van der Waals surface area contributed by atoms with Crippen molar-refractivity contribution in [1.82, 2.24) is 24.9 Å². The van der Waals surface area contributed by atoms with E-state index in [4.69, 9.17) is 0 Å². The van der Waals surface area contributed by atoms with E-state index in [2.05, 4.69) is 30.2 Å². The van der Waals surface area contributed by atoms with Gasteiger partial charge in [-0.25, -0.2) is 19.9 Å². The summed E-state index contributed by atoms with van der Waals surface area (Å²) in [6.45, 7) is 0. The van der Waals surface area contributed by atoms with Crippen molar-refractivity contribution in [2.24, 2.45) is 0 Å². The molecule has 0 aliphatic heterocycles. The molecule has 0 aromatic carbocycles. The maximum atomic E-state index is 12.4. The van der Waals surface area contributed by atoms with E-state index in [0.29, 0.717) is 30.2 Å². The van der Waals surface area contributed by atoms with Crippen LogP contribution in [0.15, 0.2) is 54.6 Å². The lowest BCUT2D eigenvalue weighted by Crippen LogP contribution is -2.14. The van der Waals surface area contributed by atoms with E-state index < -0.39 is 0 Å². The molecular formula is C18H14N6OS. The van der Waals surface area contributed by atoms with Crippen LogP contribution >= 0.6 is 11.3 Å². The van der Waals surface area contributed by atoms with Gasteiger partial charge in [0, 0.05) is 25.0 Å².